The van der Waals surface area contributed by atoms with Gasteiger partial charge in [0.1, 0.15) is 11.4 Å². The van der Waals surface area contributed by atoms with E-state index >= 15 is 0 Å². The number of hydrogen-bond donors (Lipinski definition) is 1. The van der Waals surface area contributed by atoms with Crippen molar-refractivity contribution in [3.63, 3.8) is 0 Å². The van der Waals surface area contributed by atoms with Crippen LogP contribution in [0.25, 0.3) is 0 Å². The van der Waals surface area contributed by atoms with Crippen LogP contribution in [0, 0.1) is 0 Å². The Bertz CT molecular complexity index is 558. The monoisotopic (exact) mass is 269 g/mol. The maximum absolute atomic E-state index is 12.6. The second kappa shape index (κ2) is 5.23. The van der Waals surface area contributed by atoms with Crippen molar-refractivity contribution in [3.8, 4) is 11.6 Å². The minimum absolute atomic E-state index is 0.0285. The lowest BCUT2D eigenvalue weighted by molar-refractivity contribution is -0.141. The number of rotatable bonds is 3. The molecule has 2 N–H and O–H groups in total. The van der Waals surface area contributed by atoms with Crippen LogP contribution in [0.4, 0.5) is 13.2 Å². The summed E-state index contributed by atoms with van der Waals surface area (Å²) in [5.41, 5.74) is 4.81. The number of aromatic nitrogens is 2. The largest absolute Gasteiger partial charge is 0.437 e. The highest BCUT2D eigenvalue weighted by atomic mass is 19.4. The third-order valence-electron chi connectivity index (χ3n) is 2.30. The molecular weight excluding hydrogens is 259 g/mol. The van der Waals surface area contributed by atoms with Gasteiger partial charge in [-0.15, -0.1) is 0 Å². The van der Waals surface area contributed by atoms with Crippen LogP contribution in [0.1, 0.15) is 11.3 Å². The zero-order chi connectivity index (χ0) is 13.9. The highest BCUT2D eigenvalue weighted by molar-refractivity contribution is 5.33. The second-order valence-electron chi connectivity index (χ2n) is 3.65. The molecule has 0 aliphatic heterocycles. The van der Waals surface area contributed by atoms with E-state index in [2.05, 4.69) is 9.97 Å². The Hall–Kier alpha value is -2.15. The fraction of sp³-hybridized carbons (Fsp3) is 0.167. The fourth-order valence-electron chi connectivity index (χ4n) is 1.39. The van der Waals surface area contributed by atoms with Gasteiger partial charge in [0.25, 0.3) is 0 Å². The SMILES string of the molecule is NCc1ccc(C(F)(F)F)nc1Oc1cccnc1. The van der Waals surface area contributed by atoms with Gasteiger partial charge in [0.05, 0.1) is 6.20 Å². The van der Waals surface area contributed by atoms with E-state index in [1.54, 1.807) is 12.1 Å². The topological polar surface area (TPSA) is 61.0 Å². The first-order valence-electron chi connectivity index (χ1n) is 5.36. The summed E-state index contributed by atoms with van der Waals surface area (Å²) >= 11 is 0. The summed E-state index contributed by atoms with van der Waals surface area (Å²) in [4.78, 5) is 7.26. The van der Waals surface area contributed by atoms with E-state index in [0.717, 1.165) is 6.07 Å². The van der Waals surface area contributed by atoms with Crippen LogP contribution in [-0.4, -0.2) is 9.97 Å². The first kappa shape index (κ1) is 13.3. The summed E-state index contributed by atoms with van der Waals surface area (Å²) in [5.74, 6) is 0.134. The molecule has 7 heteroatoms. The van der Waals surface area contributed by atoms with Crippen molar-refractivity contribution in [2.45, 2.75) is 12.7 Å². The molecule has 4 nitrogen and oxygen atoms in total. The third kappa shape index (κ3) is 3.19. The highest BCUT2D eigenvalue weighted by Gasteiger charge is 2.33. The first-order valence-corrected chi connectivity index (χ1v) is 5.36. The maximum Gasteiger partial charge on any atom is 0.433 e. The molecule has 100 valence electrons. The summed E-state index contributed by atoms with van der Waals surface area (Å²) < 4.78 is 43.0. The molecule has 0 unspecified atom stereocenters. The van der Waals surface area contributed by atoms with E-state index in [9.17, 15) is 13.2 Å². The number of nitrogens with two attached hydrogens (primary N) is 1. The van der Waals surface area contributed by atoms with Crippen molar-refractivity contribution in [1.82, 2.24) is 9.97 Å². The smallest absolute Gasteiger partial charge is 0.433 e. The zero-order valence-electron chi connectivity index (χ0n) is 9.69. The van der Waals surface area contributed by atoms with Crippen LogP contribution < -0.4 is 10.5 Å². The number of halogens is 3. The number of ether oxygens (including phenoxy) is 1. The molecule has 19 heavy (non-hydrogen) atoms. The van der Waals surface area contributed by atoms with E-state index < -0.39 is 11.9 Å². The average Bonchev–Trinajstić information content (AvgIpc) is 2.39. The average molecular weight is 269 g/mol. The normalized spacial score (nSPS) is 11.4. The van der Waals surface area contributed by atoms with Crippen LogP contribution in [-0.2, 0) is 12.7 Å². The number of alkyl halides is 3. The van der Waals surface area contributed by atoms with Gasteiger partial charge in [0.15, 0.2) is 0 Å². The minimum Gasteiger partial charge on any atom is -0.437 e. The summed E-state index contributed by atoms with van der Waals surface area (Å²) in [6.07, 6.45) is -1.63. The van der Waals surface area contributed by atoms with Gasteiger partial charge in [-0.25, -0.2) is 4.98 Å². The lowest BCUT2D eigenvalue weighted by atomic mass is 10.2. The Balaban J connectivity index is 2.37. The first-order chi connectivity index (χ1) is 9.00. The molecule has 0 aliphatic carbocycles. The standard InChI is InChI=1S/C12H10F3N3O/c13-12(14,15)10-4-3-8(6-16)11(18-10)19-9-2-1-5-17-7-9/h1-5,7H,6,16H2. The lowest BCUT2D eigenvalue weighted by Crippen LogP contribution is -2.10. The Morgan fingerprint density at radius 3 is 2.58 bits per heavy atom. The molecule has 2 heterocycles. The lowest BCUT2D eigenvalue weighted by Gasteiger charge is -2.12. The number of hydrogen-bond acceptors (Lipinski definition) is 4. The van der Waals surface area contributed by atoms with Crippen LogP contribution in [0.15, 0.2) is 36.7 Å². The zero-order valence-corrected chi connectivity index (χ0v) is 9.69. The molecule has 0 spiro atoms. The Labute approximate surface area is 107 Å². The molecule has 0 atom stereocenters. The van der Waals surface area contributed by atoms with Crippen LogP contribution >= 0.6 is 0 Å². The van der Waals surface area contributed by atoms with Crippen molar-refractivity contribution in [2.24, 2.45) is 5.73 Å². The minimum atomic E-state index is -4.53. The summed E-state index contributed by atoms with van der Waals surface area (Å²) in [6, 6.07) is 5.29. The highest BCUT2D eigenvalue weighted by Crippen LogP contribution is 2.31. The van der Waals surface area contributed by atoms with Crippen LogP contribution in [0.5, 0.6) is 11.6 Å². The molecule has 2 aromatic heterocycles. The molecule has 2 aromatic rings. The van der Waals surface area contributed by atoms with E-state index in [1.165, 1.54) is 18.5 Å². The van der Waals surface area contributed by atoms with E-state index in [4.69, 9.17) is 10.5 Å². The van der Waals surface area contributed by atoms with Gasteiger partial charge in [-0.1, -0.05) is 6.07 Å². The third-order valence-corrected chi connectivity index (χ3v) is 2.30. The Morgan fingerprint density at radius 2 is 2.00 bits per heavy atom. The van der Waals surface area contributed by atoms with Gasteiger partial charge in [-0.3, -0.25) is 4.98 Å². The Morgan fingerprint density at radius 1 is 1.21 bits per heavy atom. The van der Waals surface area contributed by atoms with Crippen molar-refractivity contribution in [3.05, 3.63) is 47.9 Å². The predicted molar refractivity (Wildman–Crippen MR) is 61.4 cm³/mol. The summed E-state index contributed by atoms with van der Waals surface area (Å²) in [6.45, 7) is 0.0285. The predicted octanol–water partition coefficient (Wildman–Crippen LogP) is 2.75. The molecule has 0 saturated heterocycles. The molecule has 0 saturated carbocycles. The molecule has 0 bridgehead atoms. The summed E-state index contributed by atoms with van der Waals surface area (Å²) in [5, 5.41) is 0. The van der Waals surface area contributed by atoms with Gasteiger partial charge < -0.3 is 10.5 Å². The molecule has 2 rings (SSSR count). The number of pyridine rings is 2. The van der Waals surface area contributed by atoms with Crippen LogP contribution in [0.2, 0.25) is 0 Å². The van der Waals surface area contributed by atoms with E-state index in [1.807, 2.05) is 0 Å². The summed E-state index contributed by atoms with van der Waals surface area (Å²) in [7, 11) is 0. The van der Waals surface area contributed by atoms with E-state index in [-0.39, 0.29) is 12.4 Å². The van der Waals surface area contributed by atoms with Crippen molar-refractivity contribution < 1.29 is 17.9 Å². The van der Waals surface area contributed by atoms with Crippen molar-refractivity contribution in [2.75, 3.05) is 0 Å². The van der Waals surface area contributed by atoms with Gasteiger partial charge in [-0.2, -0.15) is 13.2 Å². The fourth-order valence-corrected chi connectivity index (χ4v) is 1.39. The van der Waals surface area contributed by atoms with Gasteiger partial charge in [0.2, 0.25) is 5.88 Å². The molecule has 0 amide bonds. The van der Waals surface area contributed by atoms with Crippen molar-refractivity contribution >= 4 is 0 Å². The second-order valence-corrected chi connectivity index (χ2v) is 3.65. The maximum atomic E-state index is 12.6. The van der Waals surface area contributed by atoms with Crippen LogP contribution in [0.3, 0.4) is 0 Å². The molecule has 0 fully saturated rings. The molecule has 0 aromatic carbocycles. The quantitative estimate of drug-likeness (QED) is 0.930. The Kier molecular flexibility index (Phi) is 3.66. The van der Waals surface area contributed by atoms with Gasteiger partial charge in [0, 0.05) is 18.3 Å². The van der Waals surface area contributed by atoms with Gasteiger partial charge in [-0.05, 0) is 18.2 Å². The number of nitrogens with zero attached hydrogens (tertiary/aromatic N) is 2. The molecule has 0 radical (unpaired) electrons. The molecular formula is C12H10F3N3O. The van der Waals surface area contributed by atoms with Crippen molar-refractivity contribution in [1.29, 1.82) is 0 Å². The van der Waals surface area contributed by atoms with E-state index in [0.29, 0.717) is 11.3 Å². The molecule has 0 aliphatic rings. The van der Waals surface area contributed by atoms with Gasteiger partial charge >= 0.3 is 6.18 Å².